The second kappa shape index (κ2) is 9.20. The molecule has 1 aliphatic heterocycles. The average molecular weight is 357 g/mol. The molecule has 0 radical (unpaired) electrons. The van der Waals surface area contributed by atoms with Crippen LogP contribution in [0.5, 0.6) is 0 Å². The first kappa shape index (κ1) is 18.9. The maximum absolute atomic E-state index is 12.7. The van der Waals surface area contributed by atoms with Crippen LogP contribution in [0.25, 0.3) is 0 Å². The van der Waals surface area contributed by atoms with Gasteiger partial charge in [0.05, 0.1) is 0 Å². The summed E-state index contributed by atoms with van der Waals surface area (Å²) in [6.07, 6.45) is 6.54. The van der Waals surface area contributed by atoms with E-state index in [1.807, 2.05) is 18.2 Å². The lowest BCUT2D eigenvalue weighted by Crippen LogP contribution is -2.43. The number of rotatable bonds is 5. The summed E-state index contributed by atoms with van der Waals surface area (Å²) in [4.78, 5) is 27.1. The predicted molar refractivity (Wildman–Crippen MR) is 104 cm³/mol. The highest BCUT2D eigenvalue weighted by molar-refractivity contribution is 5.81. The lowest BCUT2D eigenvalue weighted by atomic mass is 9.80. The minimum absolute atomic E-state index is 0.0798. The predicted octanol–water partition coefficient (Wildman–Crippen LogP) is 3.41. The molecule has 2 aliphatic rings. The smallest absolute Gasteiger partial charge is 0.225 e. The number of carbonyl (C=O) groups is 2. The van der Waals surface area contributed by atoms with Crippen molar-refractivity contribution in [1.29, 1.82) is 0 Å². The van der Waals surface area contributed by atoms with Crippen molar-refractivity contribution in [3.63, 3.8) is 0 Å². The number of hydrogen-bond donors (Lipinski definition) is 1. The first-order valence-corrected chi connectivity index (χ1v) is 10.2. The Morgan fingerprint density at radius 3 is 2.23 bits per heavy atom. The zero-order chi connectivity index (χ0) is 18.4. The third kappa shape index (κ3) is 5.09. The Morgan fingerprint density at radius 2 is 1.58 bits per heavy atom. The number of likely N-dealkylation sites (tertiary alicyclic amines) is 1. The minimum atomic E-state index is 0.0798. The SMILES string of the molecule is CC1CCN(C(=O)C2CCC(C(=O)NCCc3ccccc3)CC2)CC1. The van der Waals surface area contributed by atoms with Crippen LogP contribution in [0, 0.1) is 17.8 Å². The molecule has 2 fully saturated rings. The molecule has 1 heterocycles. The first-order valence-electron chi connectivity index (χ1n) is 10.2. The monoisotopic (exact) mass is 356 g/mol. The summed E-state index contributed by atoms with van der Waals surface area (Å²) in [5, 5.41) is 3.08. The zero-order valence-corrected chi connectivity index (χ0v) is 16.0. The van der Waals surface area contributed by atoms with E-state index in [4.69, 9.17) is 0 Å². The van der Waals surface area contributed by atoms with Crippen molar-refractivity contribution in [2.75, 3.05) is 19.6 Å². The van der Waals surface area contributed by atoms with E-state index in [1.165, 1.54) is 5.56 Å². The lowest BCUT2D eigenvalue weighted by Gasteiger charge is -2.35. The van der Waals surface area contributed by atoms with Crippen molar-refractivity contribution in [2.45, 2.75) is 51.9 Å². The molecule has 1 aliphatic carbocycles. The van der Waals surface area contributed by atoms with Crippen molar-refractivity contribution in [3.8, 4) is 0 Å². The molecule has 26 heavy (non-hydrogen) atoms. The molecule has 1 aromatic rings. The zero-order valence-electron chi connectivity index (χ0n) is 16.0. The molecule has 4 nitrogen and oxygen atoms in total. The van der Waals surface area contributed by atoms with Crippen LogP contribution in [0.2, 0.25) is 0 Å². The number of carbonyl (C=O) groups excluding carboxylic acids is 2. The van der Waals surface area contributed by atoms with Crippen LogP contribution in [0.4, 0.5) is 0 Å². The van der Waals surface area contributed by atoms with E-state index >= 15 is 0 Å². The molecule has 0 bridgehead atoms. The van der Waals surface area contributed by atoms with Gasteiger partial charge in [0.1, 0.15) is 0 Å². The highest BCUT2D eigenvalue weighted by atomic mass is 16.2. The molecule has 0 atom stereocenters. The van der Waals surface area contributed by atoms with Gasteiger partial charge < -0.3 is 10.2 Å². The Morgan fingerprint density at radius 1 is 0.962 bits per heavy atom. The summed E-state index contributed by atoms with van der Waals surface area (Å²) in [6, 6.07) is 10.2. The van der Waals surface area contributed by atoms with Crippen LogP contribution in [0.1, 0.15) is 51.0 Å². The van der Waals surface area contributed by atoms with E-state index in [9.17, 15) is 9.59 Å². The maximum Gasteiger partial charge on any atom is 0.225 e. The molecule has 1 aromatic carbocycles. The molecule has 1 saturated heterocycles. The number of amides is 2. The Kier molecular flexibility index (Phi) is 6.70. The van der Waals surface area contributed by atoms with E-state index in [0.29, 0.717) is 12.5 Å². The van der Waals surface area contributed by atoms with Gasteiger partial charge in [0, 0.05) is 31.5 Å². The fourth-order valence-electron chi connectivity index (χ4n) is 4.21. The molecule has 142 valence electrons. The standard InChI is InChI=1S/C22H32N2O2/c1-17-12-15-24(16-13-17)22(26)20-9-7-19(8-10-20)21(25)23-14-11-18-5-3-2-4-6-18/h2-6,17,19-20H,7-16H2,1H3,(H,23,25). The lowest BCUT2D eigenvalue weighted by molar-refractivity contribution is -0.139. The molecule has 0 unspecified atom stereocenters. The van der Waals surface area contributed by atoms with Gasteiger partial charge in [-0.2, -0.15) is 0 Å². The number of nitrogens with zero attached hydrogens (tertiary/aromatic N) is 1. The van der Waals surface area contributed by atoms with E-state index in [-0.39, 0.29) is 17.7 Å². The molecule has 3 rings (SSSR count). The number of nitrogens with one attached hydrogen (secondary N) is 1. The summed E-state index contributed by atoms with van der Waals surface area (Å²) in [5.74, 6) is 1.46. The van der Waals surface area contributed by atoms with Gasteiger partial charge in [0.25, 0.3) is 0 Å². The number of benzene rings is 1. The molecule has 4 heteroatoms. The minimum Gasteiger partial charge on any atom is -0.356 e. The van der Waals surface area contributed by atoms with Gasteiger partial charge in [-0.15, -0.1) is 0 Å². The first-order chi connectivity index (χ1) is 12.6. The maximum atomic E-state index is 12.7. The van der Waals surface area contributed by atoms with E-state index < -0.39 is 0 Å². The Hall–Kier alpha value is -1.84. The summed E-state index contributed by atoms with van der Waals surface area (Å²) < 4.78 is 0. The molecular formula is C22H32N2O2. The van der Waals surface area contributed by atoms with Gasteiger partial charge in [-0.05, 0) is 56.4 Å². The van der Waals surface area contributed by atoms with Gasteiger partial charge in [-0.1, -0.05) is 37.3 Å². The third-order valence-electron chi connectivity index (χ3n) is 6.10. The van der Waals surface area contributed by atoms with E-state index in [1.54, 1.807) is 0 Å². The summed E-state index contributed by atoms with van der Waals surface area (Å²) in [5.41, 5.74) is 1.25. The van der Waals surface area contributed by atoms with Crippen LogP contribution in [-0.4, -0.2) is 36.3 Å². The van der Waals surface area contributed by atoms with Crippen molar-refractivity contribution in [1.82, 2.24) is 10.2 Å². The Bertz CT molecular complexity index is 585. The Balaban J connectivity index is 1.37. The fourth-order valence-corrected chi connectivity index (χ4v) is 4.21. The van der Waals surface area contributed by atoms with E-state index in [0.717, 1.165) is 64.0 Å². The highest BCUT2D eigenvalue weighted by Crippen LogP contribution is 2.31. The largest absolute Gasteiger partial charge is 0.356 e. The van der Waals surface area contributed by atoms with Crippen molar-refractivity contribution >= 4 is 11.8 Å². The van der Waals surface area contributed by atoms with Crippen LogP contribution in [0.15, 0.2) is 30.3 Å². The molecule has 1 N–H and O–H groups in total. The molecule has 2 amide bonds. The molecule has 1 saturated carbocycles. The Labute approximate surface area is 157 Å². The van der Waals surface area contributed by atoms with Crippen LogP contribution >= 0.6 is 0 Å². The third-order valence-corrected chi connectivity index (χ3v) is 6.10. The molecule has 0 spiro atoms. The fraction of sp³-hybridized carbons (Fsp3) is 0.636. The normalized spacial score (nSPS) is 24.3. The van der Waals surface area contributed by atoms with Gasteiger partial charge in [0.15, 0.2) is 0 Å². The number of piperidine rings is 1. The van der Waals surface area contributed by atoms with Crippen LogP contribution < -0.4 is 5.32 Å². The van der Waals surface area contributed by atoms with Gasteiger partial charge in [-0.3, -0.25) is 9.59 Å². The highest BCUT2D eigenvalue weighted by Gasteiger charge is 2.32. The van der Waals surface area contributed by atoms with Gasteiger partial charge in [-0.25, -0.2) is 0 Å². The summed E-state index contributed by atoms with van der Waals surface area (Å²) in [6.45, 7) is 4.79. The van der Waals surface area contributed by atoms with E-state index in [2.05, 4.69) is 29.3 Å². The van der Waals surface area contributed by atoms with Gasteiger partial charge in [0.2, 0.25) is 11.8 Å². The summed E-state index contributed by atoms with van der Waals surface area (Å²) >= 11 is 0. The average Bonchev–Trinajstić information content (AvgIpc) is 2.69. The van der Waals surface area contributed by atoms with Gasteiger partial charge >= 0.3 is 0 Å². The quantitative estimate of drug-likeness (QED) is 0.879. The number of hydrogen-bond acceptors (Lipinski definition) is 2. The second-order valence-electron chi connectivity index (χ2n) is 8.08. The molecule has 0 aromatic heterocycles. The van der Waals surface area contributed by atoms with Crippen molar-refractivity contribution < 1.29 is 9.59 Å². The second-order valence-corrected chi connectivity index (χ2v) is 8.08. The molecular weight excluding hydrogens is 324 g/mol. The summed E-state index contributed by atoms with van der Waals surface area (Å²) in [7, 11) is 0. The van der Waals surface area contributed by atoms with Crippen LogP contribution in [-0.2, 0) is 16.0 Å². The van der Waals surface area contributed by atoms with Crippen LogP contribution in [0.3, 0.4) is 0 Å². The topological polar surface area (TPSA) is 49.4 Å². The van der Waals surface area contributed by atoms with Crippen molar-refractivity contribution in [3.05, 3.63) is 35.9 Å². The van der Waals surface area contributed by atoms with Crippen molar-refractivity contribution in [2.24, 2.45) is 17.8 Å².